The SMILES string of the molecule is C=Cn1cc(CN2CCc3nc4cc(OC)c(OC)cc4c(=O)n3CC2)c(C)n1. The lowest BCUT2D eigenvalue weighted by molar-refractivity contribution is 0.271. The highest BCUT2D eigenvalue weighted by molar-refractivity contribution is 5.82. The molecule has 4 rings (SSSR count). The van der Waals surface area contributed by atoms with Gasteiger partial charge in [-0.15, -0.1) is 0 Å². The fourth-order valence-electron chi connectivity index (χ4n) is 3.79. The Bertz CT molecular complexity index is 1130. The number of benzene rings is 1. The first-order valence-corrected chi connectivity index (χ1v) is 9.59. The van der Waals surface area contributed by atoms with E-state index in [2.05, 4.69) is 16.6 Å². The number of hydrogen-bond donors (Lipinski definition) is 0. The summed E-state index contributed by atoms with van der Waals surface area (Å²) in [6, 6.07) is 3.48. The van der Waals surface area contributed by atoms with Crippen molar-refractivity contribution in [2.24, 2.45) is 0 Å². The highest BCUT2D eigenvalue weighted by atomic mass is 16.5. The van der Waals surface area contributed by atoms with E-state index in [9.17, 15) is 4.79 Å². The molecule has 3 heterocycles. The summed E-state index contributed by atoms with van der Waals surface area (Å²) in [5.41, 5.74) is 2.75. The van der Waals surface area contributed by atoms with Crippen LogP contribution in [0.25, 0.3) is 17.1 Å². The highest BCUT2D eigenvalue weighted by Gasteiger charge is 2.20. The van der Waals surface area contributed by atoms with Crippen LogP contribution < -0.4 is 15.0 Å². The fraction of sp³-hybridized carbons (Fsp3) is 0.381. The summed E-state index contributed by atoms with van der Waals surface area (Å²) in [5.74, 6) is 1.90. The van der Waals surface area contributed by atoms with Gasteiger partial charge in [0.25, 0.3) is 5.56 Å². The zero-order valence-corrected chi connectivity index (χ0v) is 17.0. The first-order valence-electron chi connectivity index (χ1n) is 9.59. The first kappa shape index (κ1) is 19.2. The maximum absolute atomic E-state index is 13.1. The molecule has 2 aromatic heterocycles. The van der Waals surface area contributed by atoms with Crippen molar-refractivity contribution in [2.75, 3.05) is 27.3 Å². The number of nitrogens with zero attached hydrogens (tertiary/aromatic N) is 5. The maximum Gasteiger partial charge on any atom is 0.261 e. The molecule has 1 aliphatic rings. The van der Waals surface area contributed by atoms with Crippen molar-refractivity contribution in [3.63, 3.8) is 0 Å². The molecule has 0 atom stereocenters. The van der Waals surface area contributed by atoms with Gasteiger partial charge >= 0.3 is 0 Å². The Morgan fingerprint density at radius 2 is 1.93 bits per heavy atom. The van der Waals surface area contributed by atoms with Crippen molar-refractivity contribution in [2.45, 2.75) is 26.4 Å². The molecule has 8 heteroatoms. The van der Waals surface area contributed by atoms with E-state index in [-0.39, 0.29) is 5.56 Å². The van der Waals surface area contributed by atoms with Gasteiger partial charge < -0.3 is 9.47 Å². The minimum atomic E-state index is -0.0385. The van der Waals surface area contributed by atoms with Gasteiger partial charge in [0, 0.05) is 56.6 Å². The molecule has 152 valence electrons. The van der Waals surface area contributed by atoms with Crippen LogP contribution in [0.15, 0.2) is 29.7 Å². The highest BCUT2D eigenvalue weighted by Crippen LogP contribution is 2.30. The van der Waals surface area contributed by atoms with E-state index < -0.39 is 0 Å². The number of methoxy groups -OCH3 is 2. The number of ether oxygens (including phenoxy) is 2. The van der Waals surface area contributed by atoms with Crippen LogP contribution in [0.1, 0.15) is 17.1 Å². The number of fused-ring (bicyclic) bond motifs is 2. The number of aryl methyl sites for hydroxylation is 1. The van der Waals surface area contributed by atoms with Gasteiger partial charge in [-0.25, -0.2) is 9.67 Å². The first-order chi connectivity index (χ1) is 14.0. The third-order valence-corrected chi connectivity index (χ3v) is 5.43. The summed E-state index contributed by atoms with van der Waals surface area (Å²) < 4.78 is 14.2. The van der Waals surface area contributed by atoms with Gasteiger partial charge in [0.2, 0.25) is 0 Å². The van der Waals surface area contributed by atoms with Crippen molar-refractivity contribution < 1.29 is 9.47 Å². The van der Waals surface area contributed by atoms with Crippen molar-refractivity contribution in [3.8, 4) is 11.5 Å². The predicted molar refractivity (Wildman–Crippen MR) is 111 cm³/mol. The van der Waals surface area contributed by atoms with Crippen LogP contribution in [-0.2, 0) is 19.5 Å². The van der Waals surface area contributed by atoms with Crippen molar-refractivity contribution >= 4 is 17.1 Å². The van der Waals surface area contributed by atoms with Gasteiger partial charge in [-0.2, -0.15) is 5.10 Å². The summed E-state index contributed by atoms with van der Waals surface area (Å²) in [4.78, 5) is 20.2. The van der Waals surface area contributed by atoms with Crippen molar-refractivity contribution in [1.29, 1.82) is 0 Å². The fourth-order valence-corrected chi connectivity index (χ4v) is 3.79. The average molecular weight is 395 g/mol. The second-order valence-electron chi connectivity index (χ2n) is 7.14. The Morgan fingerprint density at radius 1 is 1.17 bits per heavy atom. The molecule has 0 radical (unpaired) electrons. The summed E-state index contributed by atoms with van der Waals surface area (Å²) in [6.45, 7) is 8.73. The Morgan fingerprint density at radius 3 is 2.62 bits per heavy atom. The number of hydrogen-bond acceptors (Lipinski definition) is 6. The molecule has 29 heavy (non-hydrogen) atoms. The Labute approximate surface area is 169 Å². The molecular formula is C21H25N5O3. The van der Waals surface area contributed by atoms with Gasteiger partial charge in [-0.1, -0.05) is 6.58 Å². The molecule has 0 unspecified atom stereocenters. The molecule has 0 saturated heterocycles. The van der Waals surface area contributed by atoms with Crippen LogP contribution in [0.5, 0.6) is 11.5 Å². The van der Waals surface area contributed by atoms with Crippen LogP contribution in [-0.4, -0.2) is 51.5 Å². The molecule has 0 spiro atoms. The van der Waals surface area contributed by atoms with Crippen LogP contribution in [0, 0.1) is 6.92 Å². The van der Waals surface area contributed by atoms with Gasteiger partial charge in [0.15, 0.2) is 11.5 Å². The van der Waals surface area contributed by atoms with Gasteiger partial charge in [-0.3, -0.25) is 14.3 Å². The summed E-state index contributed by atoms with van der Waals surface area (Å²) in [6.07, 6.45) is 4.39. The van der Waals surface area contributed by atoms with Crippen LogP contribution in [0.2, 0.25) is 0 Å². The lowest BCUT2D eigenvalue weighted by Crippen LogP contribution is -2.28. The second kappa shape index (κ2) is 7.71. The van der Waals surface area contributed by atoms with E-state index in [0.29, 0.717) is 35.4 Å². The van der Waals surface area contributed by atoms with E-state index in [0.717, 1.165) is 36.7 Å². The maximum atomic E-state index is 13.1. The third kappa shape index (κ3) is 3.51. The summed E-state index contributed by atoms with van der Waals surface area (Å²) >= 11 is 0. The van der Waals surface area contributed by atoms with Crippen LogP contribution in [0.4, 0.5) is 0 Å². The van der Waals surface area contributed by atoms with Crippen molar-refractivity contribution in [1.82, 2.24) is 24.2 Å². The molecular weight excluding hydrogens is 370 g/mol. The largest absolute Gasteiger partial charge is 0.493 e. The van der Waals surface area contributed by atoms with Gasteiger partial charge in [0.1, 0.15) is 5.82 Å². The molecule has 0 N–H and O–H groups in total. The van der Waals surface area contributed by atoms with E-state index in [4.69, 9.17) is 14.5 Å². The molecule has 0 bridgehead atoms. The Balaban J connectivity index is 1.64. The monoisotopic (exact) mass is 395 g/mol. The van der Waals surface area contributed by atoms with Gasteiger partial charge in [-0.05, 0) is 13.0 Å². The zero-order chi connectivity index (χ0) is 20.5. The molecule has 0 amide bonds. The minimum Gasteiger partial charge on any atom is -0.493 e. The number of aromatic nitrogens is 4. The smallest absolute Gasteiger partial charge is 0.261 e. The molecule has 8 nitrogen and oxygen atoms in total. The average Bonchev–Trinajstić information content (AvgIpc) is 2.96. The molecule has 0 fully saturated rings. The molecule has 0 saturated carbocycles. The van der Waals surface area contributed by atoms with Crippen LogP contribution >= 0.6 is 0 Å². The van der Waals surface area contributed by atoms with Gasteiger partial charge in [0.05, 0.1) is 30.8 Å². The normalized spacial score (nSPS) is 14.4. The quantitative estimate of drug-likeness (QED) is 0.659. The lowest BCUT2D eigenvalue weighted by atomic mass is 10.2. The van der Waals surface area contributed by atoms with E-state index >= 15 is 0 Å². The lowest BCUT2D eigenvalue weighted by Gasteiger charge is -2.18. The summed E-state index contributed by atoms with van der Waals surface area (Å²) in [7, 11) is 3.14. The number of rotatable bonds is 5. The predicted octanol–water partition coefficient (Wildman–Crippen LogP) is 2.08. The second-order valence-corrected chi connectivity index (χ2v) is 7.14. The molecule has 0 aliphatic carbocycles. The molecule has 1 aromatic carbocycles. The van der Waals surface area contributed by atoms with Crippen molar-refractivity contribution in [3.05, 3.63) is 52.3 Å². The Kier molecular flexibility index (Phi) is 5.10. The summed E-state index contributed by atoms with van der Waals surface area (Å²) in [5, 5.41) is 4.97. The third-order valence-electron chi connectivity index (χ3n) is 5.43. The molecule has 1 aliphatic heterocycles. The Hall–Kier alpha value is -3.13. The van der Waals surface area contributed by atoms with E-state index in [1.807, 2.05) is 13.1 Å². The van der Waals surface area contributed by atoms with E-state index in [1.54, 1.807) is 41.8 Å². The van der Waals surface area contributed by atoms with Crippen LogP contribution in [0.3, 0.4) is 0 Å². The topological polar surface area (TPSA) is 74.4 Å². The minimum absolute atomic E-state index is 0.0385. The molecule has 3 aromatic rings. The van der Waals surface area contributed by atoms with E-state index in [1.165, 1.54) is 0 Å². The zero-order valence-electron chi connectivity index (χ0n) is 17.0. The standard InChI is InChI=1S/C21H25N5O3/c1-5-25-13-15(14(2)23-25)12-24-7-6-20-22-17-11-19(29-4)18(28-3)10-16(17)21(27)26(20)9-8-24/h5,10-11,13H,1,6-9,12H2,2-4H3.